The molecule has 3 rings (SSSR count). The predicted octanol–water partition coefficient (Wildman–Crippen LogP) is 0.629. The Balaban J connectivity index is 1.52. The third-order valence-corrected chi connectivity index (χ3v) is 3.89. The molecule has 1 aliphatic heterocycles. The van der Waals surface area contributed by atoms with Crippen LogP contribution in [0.3, 0.4) is 0 Å². The molecule has 0 spiro atoms. The number of rotatable bonds is 5. The number of carbonyl (C=O) groups excluding carboxylic acids is 1. The molecule has 2 aromatic heterocycles. The summed E-state index contributed by atoms with van der Waals surface area (Å²) >= 11 is 0. The number of carbonyl (C=O) groups is 1. The zero-order valence-electron chi connectivity index (χ0n) is 14.0. The van der Waals surface area contributed by atoms with Crippen molar-refractivity contribution in [2.24, 2.45) is 0 Å². The van der Waals surface area contributed by atoms with Crippen LogP contribution in [0.15, 0.2) is 24.5 Å². The van der Waals surface area contributed by atoms with Crippen LogP contribution in [0.4, 0.5) is 5.69 Å². The van der Waals surface area contributed by atoms with Crippen molar-refractivity contribution >= 4 is 11.6 Å². The number of pyridine rings is 1. The van der Waals surface area contributed by atoms with Crippen LogP contribution in [-0.2, 0) is 16.1 Å². The highest BCUT2D eigenvalue weighted by atomic mass is 16.5. The van der Waals surface area contributed by atoms with Gasteiger partial charge in [0.2, 0.25) is 5.91 Å². The summed E-state index contributed by atoms with van der Waals surface area (Å²) in [6.45, 7) is 6.86. The summed E-state index contributed by atoms with van der Waals surface area (Å²) in [6.07, 6.45) is 3.32. The molecule has 1 atom stereocenters. The molecule has 1 fully saturated rings. The Kier molecular flexibility index (Phi) is 5.17. The van der Waals surface area contributed by atoms with Crippen molar-refractivity contribution in [2.45, 2.75) is 26.5 Å². The number of ether oxygens (including phenoxy) is 1. The summed E-state index contributed by atoms with van der Waals surface area (Å²) in [7, 11) is 0. The van der Waals surface area contributed by atoms with Gasteiger partial charge in [-0.2, -0.15) is 5.10 Å². The van der Waals surface area contributed by atoms with Crippen molar-refractivity contribution in [3.05, 3.63) is 36.2 Å². The summed E-state index contributed by atoms with van der Waals surface area (Å²) in [5.74, 6) is 1.61. The molecule has 0 aliphatic carbocycles. The van der Waals surface area contributed by atoms with E-state index in [4.69, 9.17) is 4.74 Å². The molecule has 3 heterocycles. The maximum atomic E-state index is 12.2. The molecule has 8 nitrogen and oxygen atoms in total. The van der Waals surface area contributed by atoms with E-state index in [-0.39, 0.29) is 12.0 Å². The van der Waals surface area contributed by atoms with Gasteiger partial charge in [-0.3, -0.25) is 14.7 Å². The topological polar surface area (TPSA) is 85.2 Å². The Morgan fingerprint density at radius 1 is 1.38 bits per heavy atom. The summed E-state index contributed by atoms with van der Waals surface area (Å²) in [5.41, 5.74) is 0.758. The van der Waals surface area contributed by atoms with Gasteiger partial charge in [0.15, 0.2) is 0 Å². The Bertz CT molecular complexity index is 687. The first-order valence-electron chi connectivity index (χ1n) is 8.02. The van der Waals surface area contributed by atoms with Crippen LogP contribution in [0, 0.1) is 13.8 Å². The van der Waals surface area contributed by atoms with Gasteiger partial charge in [0.25, 0.3) is 0 Å². The monoisotopic (exact) mass is 330 g/mol. The van der Waals surface area contributed by atoms with E-state index in [0.29, 0.717) is 26.2 Å². The van der Waals surface area contributed by atoms with Crippen molar-refractivity contribution in [2.75, 3.05) is 31.6 Å². The molecule has 2 aromatic rings. The van der Waals surface area contributed by atoms with Gasteiger partial charge in [0, 0.05) is 31.2 Å². The lowest BCUT2D eigenvalue weighted by molar-refractivity contribution is -0.119. The number of amides is 1. The van der Waals surface area contributed by atoms with Crippen molar-refractivity contribution < 1.29 is 9.53 Å². The van der Waals surface area contributed by atoms with Gasteiger partial charge in [-0.05, 0) is 26.0 Å². The number of nitrogens with zero attached hydrogens (tertiary/aromatic N) is 5. The summed E-state index contributed by atoms with van der Waals surface area (Å²) in [6, 6.07) is 3.55. The second-order valence-electron chi connectivity index (χ2n) is 5.90. The average molecular weight is 330 g/mol. The lowest BCUT2D eigenvalue weighted by atomic mass is 10.2. The summed E-state index contributed by atoms with van der Waals surface area (Å²) in [4.78, 5) is 22.5. The van der Waals surface area contributed by atoms with Gasteiger partial charge in [0.05, 0.1) is 25.8 Å². The first-order chi connectivity index (χ1) is 11.6. The third kappa shape index (κ3) is 4.36. The van der Waals surface area contributed by atoms with Crippen LogP contribution in [0.5, 0.6) is 0 Å². The van der Waals surface area contributed by atoms with Gasteiger partial charge < -0.3 is 10.1 Å². The molecule has 0 aromatic carbocycles. The maximum absolute atomic E-state index is 12.2. The highest BCUT2D eigenvalue weighted by molar-refractivity contribution is 5.92. The summed E-state index contributed by atoms with van der Waals surface area (Å²) < 4.78 is 7.67. The quantitative estimate of drug-likeness (QED) is 0.865. The number of hydrogen-bond donors (Lipinski definition) is 1. The van der Waals surface area contributed by atoms with Gasteiger partial charge in [-0.25, -0.2) is 9.67 Å². The minimum absolute atomic E-state index is 0.00674. The number of nitrogens with one attached hydrogen (secondary N) is 1. The van der Waals surface area contributed by atoms with Crippen molar-refractivity contribution in [1.82, 2.24) is 24.6 Å². The Morgan fingerprint density at radius 2 is 2.17 bits per heavy atom. The lowest BCUT2D eigenvalue weighted by Gasteiger charge is -2.32. The van der Waals surface area contributed by atoms with Crippen LogP contribution in [-0.4, -0.2) is 62.9 Å². The highest BCUT2D eigenvalue weighted by Gasteiger charge is 2.23. The highest BCUT2D eigenvalue weighted by Crippen LogP contribution is 2.10. The number of morpholine rings is 1. The molecule has 128 valence electrons. The molecular weight excluding hydrogens is 308 g/mol. The molecule has 24 heavy (non-hydrogen) atoms. The number of anilines is 1. The second kappa shape index (κ2) is 7.50. The molecule has 8 heteroatoms. The first-order valence-corrected chi connectivity index (χ1v) is 8.02. The molecular formula is C16H22N6O2. The van der Waals surface area contributed by atoms with Gasteiger partial charge in [0.1, 0.15) is 11.6 Å². The van der Waals surface area contributed by atoms with Crippen molar-refractivity contribution in [1.29, 1.82) is 0 Å². The van der Waals surface area contributed by atoms with Crippen molar-refractivity contribution in [3.63, 3.8) is 0 Å². The minimum Gasteiger partial charge on any atom is -0.374 e. The Labute approximate surface area is 140 Å². The minimum atomic E-state index is -0.0327. The van der Waals surface area contributed by atoms with Crippen LogP contribution >= 0.6 is 0 Å². The lowest BCUT2D eigenvalue weighted by Crippen LogP contribution is -2.47. The van der Waals surface area contributed by atoms with E-state index in [1.165, 1.54) is 0 Å². The van der Waals surface area contributed by atoms with Crippen LogP contribution in [0.1, 0.15) is 11.6 Å². The SMILES string of the molecule is Cc1nc(C)n(C[C@@H]2CN(CC(=O)Nc3ccncc3)CCO2)n1. The smallest absolute Gasteiger partial charge is 0.238 e. The molecule has 0 bridgehead atoms. The van der Waals surface area contributed by atoms with E-state index >= 15 is 0 Å². The fourth-order valence-corrected chi connectivity index (χ4v) is 2.80. The van der Waals surface area contributed by atoms with E-state index in [2.05, 4.69) is 25.3 Å². The van der Waals surface area contributed by atoms with E-state index in [1.807, 2.05) is 18.5 Å². The predicted molar refractivity (Wildman–Crippen MR) is 88.5 cm³/mol. The van der Waals surface area contributed by atoms with Crippen LogP contribution < -0.4 is 5.32 Å². The number of aryl methyl sites for hydroxylation is 2. The zero-order chi connectivity index (χ0) is 16.9. The number of hydrogen-bond acceptors (Lipinski definition) is 6. The normalized spacial score (nSPS) is 18.5. The van der Waals surface area contributed by atoms with E-state index in [0.717, 1.165) is 23.9 Å². The van der Waals surface area contributed by atoms with Crippen LogP contribution in [0.2, 0.25) is 0 Å². The molecule has 1 N–H and O–H groups in total. The van der Waals surface area contributed by atoms with Crippen LogP contribution in [0.25, 0.3) is 0 Å². The van der Waals surface area contributed by atoms with Gasteiger partial charge in [-0.1, -0.05) is 0 Å². The van der Waals surface area contributed by atoms with E-state index in [9.17, 15) is 4.79 Å². The molecule has 1 saturated heterocycles. The fourth-order valence-electron chi connectivity index (χ4n) is 2.80. The molecule has 0 saturated carbocycles. The van der Waals surface area contributed by atoms with E-state index in [1.54, 1.807) is 24.5 Å². The molecule has 0 unspecified atom stereocenters. The fraction of sp³-hybridized carbons (Fsp3) is 0.500. The third-order valence-electron chi connectivity index (χ3n) is 3.89. The average Bonchev–Trinajstić information content (AvgIpc) is 2.86. The van der Waals surface area contributed by atoms with Gasteiger partial charge >= 0.3 is 0 Å². The molecule has 1 amide bonds. The zero-order valence-corrected chi connectivity index (χ0v) is 14.0. The first kappa shape index (κ1) is 16.5. The Hall–Kier alpha value is -2.32. The standard InChI is InChI=1S/C16H22N6O2/c1-12-18-13(2)22(20-12)10-15-9-21(7-8-24-15)11-16(23)19-14-3-5-17-6-4-14/h3-6,15H,7-11H2,1-2H3,(H,17,19,23)/t15-/m0/s1. The number of aromatic nitrogens is 4. The summed E-state index contributed by atoms with van der Waals surface area (Å²) in [5, 5.41) is 7.25. The van der Waals surface area contributed by atoms with Gasteiger partial charge in [-0.15, -0.1) is 0 Å². The molecule has 1 aliphatic rings. The largest absolute Gasteiger partial charge is 0.374 e. The second-order valence-corrected chi connectivity index (χ2v) is 5.90. The maximum Gasteiger partial charge on any atom is 0.238 e. The van der Waals surface area contributed by atoms with Crippen molar-refractivity contribution in [3.8, 4) is 0 Å². The molecule has 0 radical (unpaired) electrons. The Morgan fingerprint density at radius 3 is 2.88 bits per heavy atom. The van der Waals surface area contributed by atoms with E-state index < -0.39 is 0 Å².